The third-order valence-corrected chi connectivity index (χ3v) is 8.02. The average molecular weight is 605 g/mol. The van der Waals surface area contributed by atoms with Crippen LogP contribution in [0.1, 0.15) is 11.3 Å². The summed E-state index contributed by atoms with van der Waals surface area (Å²) in [7, 11) is 2.04. The van der Waals surface area contributed by atoms with Gasteiger partial charge in [0.25, 0.3) is 0 Å². The van der Waals surface area contributed by atoms with Gasteiger partial charge in [0.05, 0.1) is 28.2 Å². The summed E-state index contributed by atoms with van der Waals surface area (Å²) in [6, 6.07) is 3.06. The van der Waals surface area contributed by atoms with E-state index in [9.17, 15) is 9.18 Å². The van der Waals surface area contributed by atoms with Gasteiger partial charge < -0.3 is 24.2 Å². The maximum Gasteiger partial charge on any atom is 0.326 e. The maximum atomic E-state index is 14.7. The molecule has 0 unspecified atom stereocenters. The molecular formula is C28H26ClFN10O3. The highest BCUT2D eigenvalue weighted by atomic mass is 35.5. The van der Waals surface area contributed by atoms with E-state index in [4.69, 9.17) is 31.0 Å². The zero-order chi connectivity index (χ0) is 29.7. The van der Waals surface area contributed by atoms with Gasteiger partial charge in [-0.15, -0.1) is 5.10 Å². The molecule has 4 aromatic heterocycles. The van der Waals surface area contributed by atoms with Crippen LogP contribution in [0.3, 0.4) is 0 Å². The van der Waals surface area contributed by atoms with Gasteiger partial charge in [0, 0.05) is 57.1 Å². The van der Waals surface area contributed by atoms with Gasteiger partial charge in [-0.2, -0.15) is 15.1 Å². The predicted octanol–water partition coefficient (Wildman–Crippen LogP) is 3.82. The highest BCUT2D eigenvalue weighted by molar-refractivity contribution is 6.33. The summed E-state index contributed by atoms with van der Waals surface area (Å²) in [5, 5.41) is 15.1. The molecule has 15 heteroatoms. The molecule has 7 rings (SSSR count). The second-order valence-corrected chi connectivity index (χ2v) is 10.7. The van der Waals surface area contributed by atoms with Gasteiger partial charge >= 0.3 is 6.01 Å². The Hall–Kier alpha value is -4.82. The molecule has 5 aromatic rings. The molecule has 0 bridgehead atoms. The van der Waals surface area contributed by atoms with Crippen molar-refractivity contribution >= 4 is 45.1 Å². The number of H-pyrrole nitrogens is 2. The van der Waals surface area contributed by atoms with Gasteiger partial charge in [0.15, 0.2) is 5.75 Å². The Morgan fingerprint density at radius 1 is 1.12 bits per heavy atom. The number of rotatable bonds is 6. The summed E-state index contributed by atoms with van der Waals surface area (Å²) >= 11 is 6.35. The minimum Gasteiger partial charge on any atom is -0.434 e. The Bertz CT molecular complexity index is 1880. The van der Waals surface area contributed by atoms with Crippen molar-refractivity contribution in [2.45, 2.75) is 13.0 Å². The van der Waals surface area contributed by atoms with Gasteiger partial charge in [-0.1, -0.05) is 18.2 Å². The molecule has 2 aliphatic rings. The normalized spacial score (nSPS) is 15.6. The Labute approximate surface area is 249 Å². The number of hydrogen-bond acceptors (Lipinski definition) is 10. The topological polar surface area (TPSA) is 141 Å². The Balaban J connectivity index is 1.32. The molecule has 0 radical (unpaired) electrons. The molecule has 1 saturated heterocycles. The summed E-state index contributed by atoms with van der Waals surface area (Å²) < 4.78 is 27.1. The van der Waals surface area contributed by atoms with Crippen LogP contribution in [-0.2, 0) is 17.8 Å². The quantitative estimate of drug-likeness (QED) is 0.275. The third kappa shape index (κ3) is 4.87. The smallest absolute Gasteiger partial charge is 0.326 e. The number of benzene rings is 1. The van der Waals surface area contributed by atoms with E-state index in [-0.39, 0.29) is 28.6 Å². The number of fused-ring (bicyclic) bond motifs is 3. The highest BCUT2D eigenvalue weighted by Gasteiger charge is 2.27. The van der Waals surface area contributed by atoms with Crippen molar-refractivity contribution in [2.24, 2.45) is 0 Å². The van der Waals surface area contributed by atoms with E-state index in [1.165, 1.54) is 18.3 Å². The van der Waals surface area contributed by atoms with Gasteiger partial charge in [-0.25, -0.2) is 9.37 Å². The number of carbonyl (C=O) groups is 1. The van der Waals surface area contributed by atoms with Crippen molar-refractivity contribution in [1.82, 2.24) is 45.1 Å². The first-order valence-corrected chi connectivity index (χ1v) is 14.0. The Morgan fingerprint density at radius 2 is 1.95 bits per heavy atom. The summed E-state index contributed by atoms with van der Waals surface area (Å²) in [6.07, 6.45) is 5.13. The predicted molar refractivity (Wildman–Crippen MR) is 156 cm³/mol. The number of aromatic nitrogens is 7. The number of nitrogens with one attached hydrogen (secondary N) is 2. The zero-order valence-electron chi connectivity index (χ0n) is 23.1. The third-order valence-electron chi connectivity index (χ3n) is 7.67. The van der Waals surface area contributed by atoms with Crippen molar-refractivity contribution in [3.05, 3.63) is 59.3 Å². The Kier molecular flexibility index (Phi) is 6.78. The van der Waals surface area contributed by atoms with Gasteiger partial charge in [0.1, 0.15) is 22.2 Å². The molecule has 2 N–H and O–H groups in total. The second kappa shape index (κ2) is 10.8. The minimum atomic E-state index is -0.672. The maximum absolute atomic E-state index is 14.7. The van der Waals surface area contributed by atoms with E-state index in [0.717, 1.165) is 30.8 Å². The van der Waals surface area contributed by atoms with Crippen LogP contribution >= 0.6 is 11.6 Å². The number of halogens is 2. The number of pyridine rings is 1. The van der Waals surface area contributed by atoms with Gasteiger partial charge in [-0.3, -0.25) is 15.0 Å². The molecule has 0 aliphatic carbocycles. The molecule has 220 valence electrons. The van der Waals surface area contributed by atoms with E-state index >= 15 is 0 Å². The first kappa shape index (κ1) is 27.0. The van der Waals surface area contributed by atoms with Crippen molar-refractivity contribution in [2.75, 3.05) is 44.7 Å². The summed E-state index contributed by atoms with van der Waals surface area (Å²) in [6.45, 7) is 7.17. The van der Waals surface area contributed by atoms with E-state index in [2.05, 4.69) is 36.9 Å². The summed E-state index contributed by atoms with van der Waals surface area (Å²) in [4.78, 5) is 32.1. The largest absolute Gasteiger partial charge is 0.434 e. The fourth-order valence-corrected chi connectivity index (χ4v) is 5.61. The number of piperazine rings is 1. The van der Waals surface area contributed by atoms with Crippen LogP contribution in [0.25, 0.3) is 21.8 Å². The van der Waals surface area contributed by atoms with Crippen LogP contribution in [0.4, 0.5) is 10.2 Å². The summed E-state index contributed by atoms with van der Waals surface area (Å²) in [5.41, 5.74) is 2.69. The number of hydrogen-bond donors (Lipinski definition) is 2. The van der Waals surface area contributed by atoms with Crippen LogP contribution in [0.5, 0.6) is 23.5 Å². The molecule has 2 aliphatic heterocycles. The number of anilines is 1. The molecule has 13 nitrogen and oxygen atoms in total. The zero-order valence-corrected chi connectivity index (χ0v) is 23.9. The van der Waals surface area contributed by atoms with Gasteiger partial charge in [0.2, 0.25) is 17.7 Å². The van der Waals surface area contributed by atoms with E-state index in [1.807, 2.05) is 11.9 Å². The molecule has 1 amide bonds. The van der Waals surface area contributed by atoms with E-state index in [1.54, 1.807) is 17.2 Å². The average Bonchev–Trinajstić information content (AvgIpc) is 3.65. The number of carbonyl (C=O) groups excluding carboxylic acids is 1. The lowest BCUT2D eigenvalue weighted by Gasteiger charge is -2.35. The van der Waals surface area contributed by atoms with Crippen molar-refractivity contribution < 1.29 is 18.7 Å². The number of ether oxygens (including phenoxy) is 2. The molecule has 0 atom stereocenters. The molecule has 6 heterocycles. The molecule has 1 aromatic carbocycles. The van der Waals surface area contributed by atoms with Crippen LogP contribution < -0.4 is 14.4 Å². The lowest BCUT2D eigenvalue weighted by molar-refractivity contribution is -0.126. The first-order valence-electron chi connectivity index (χ1n) is 13.6. The number of aromatic amines is 2. The molecule has 43 heavy (non-hydrogen) atoms. The van der Waals surface area contributed by atoms with Crippen LogP contribution in [0.2, 0.25) is 5.02 Å². The fraction of sp³-hybridized carbons (Fsp3) is 0.286. The first-order chi connectivity index (χ1) is 20.9. The van der Waals surface area contributed by atoms with Crippen molar-refractivity contribution in [3.63, 3.8) is 0 Å². The lowest BCUT2D eigenvalue weighted by Crippen LogP contribution is -2.48. The van der Waals surface area contributed by atoms with E-state index < -0.39 is 5.82 Å². The second-order valence-electron chi connectivity index (χ2n) is 10.4. The minimum absolute atomic E-state index is 0.0389. The highest BCUT2D eigenvalue weighted by Crippen LogP contribution is 2.40. The lowest BCUT2D eigenvalue weighted by atomic mass is 10.1. The van der Waals surface area contributed by atoms with Crippen LogP contribution in [-0.4, -0.2) is 90.8 Å². The van der Waals surface area contributed by atoms with E-state index in [0.29, 0.717) is 59.7 Å². The molecule has 0 spiro atoms. The fourth-order valence-electron chi connectivity index (χ4n) is 5.42. The molecular weight excluding hydrogens is 579 g/mol. The van der Waals surface area contributed by atoms with Crippen LogP contribution in [0, 0.1) is 5.82 Å². The number of likely N-dealkylation sites (N-methyl/N-ethyl adjacent to an activating group) is 1. The van der Waals surface area contributed by atoms with Crippen LogP contribution in [0.15, 0.2) is 37.2 Å². The monoisotopic (exact) mass is 604 g/mol. The van der Waals surface area contributed by atoms with Gasteiger partial charge in [-0.05, 0) is 25.6 Å². The standard InChI is InChI=1S/C28H26ClFN10O3/c1-3-21(41)39-8-10-40(11-9-39)25-16-4-6-31-27(42-24-17-13-32-35-19(17)12-18(30)22(24)29)23(16)33-28(34-25)43-26-15-5-7-38(2)14-20(15)36-37-26/h3-4,6,12-13H,1,5,7-11,14H2,2H3,(H,32,35)(H,36,37). The van der Waals surface area contributed by atoms with Crippen molar-refractivity contribution in [1.29, 1.82) is 0 Å². The SMILES string of the molecule is C=CC(=O)N1CCN(c2nc(Oc3n[nH]c4c3CCN(C)C4)nc3c(Oc4c(Cl)c(F)cc5[nH]ncc45)nccc23)CC1. The number of nitrogens with zero attached hydrogens (tertiary/aromatic N) is 8. The molecule has 1 fully saturated rings. The van der Waals surface area contributed by atoms with Crippen molar-refractivity contribution in [3.8, 4) is 23.5 Å². The summed E-state index contributed by atoms with van der Waals surface area (Å²) in [5.74, 6) is 0.300. The molecule has 0 saturated carbocycles. The number of amides is 1. The Morgan fingerprint density at radius 3 is 2.77 bits per heavy atom.